The van der Waals surface area contributed by atoms with E-state index in [1.54, 1.807) is 11.3 Å². The highest BCUT2D eigenvalue weighted by Crippen LogP contribution is 2.26. The molecule has 21 heavy (non-hydrogen) atoms. The maximum Gasteiger partial charge on any atom is 0.225 e. The number of hydrogen-bond acceptors (Lipinski definition) is 6. The molecule has 2 atom stereocenters. The van der Waals surface area contributed by atoms with Crippen LogP contribution >= 0.6 is 11.3 Å². The number of aromatic nitrogens is 2. The van der Waals surface area contributed by atoms with Crippen molar-refractivity contribution in [3.05, 3.63) is 40.8 Å². The first kappa shape index (κ1) is 13.2. The number of likely N-dealkylation sites (tertiary alicyclic amines) is 1. The molecule has 2 aromatic rings. The van der Waals surface area contributed by atoms with Gasteiger partial charge in [-0.1, -0.05) is 0 Å². The molecule has 0 aromatic carbocycles. The standard InChI is InChI=1S/C15H18N4OS/c1-3-16-15(17-4-1)19-5-6-20-14-10-18(9-13(14)19)8-12-2-7-21-11-12/h1-4,7,11,13-14H,5-6,8-10H2/t13-,14+/m1/s1. The Morgan fingerprint density at radius 1 is 1.29 bits per heavy atom. The van der Waals surface area contributed by atoms with Crippen LogP contribution in [0, 0.1) is 0 Å². The van der Waals surface area contributed by atoms with E-state index in [9.17, 15) is 0 Å². The van der Waals surface area contributed by atoms with E-state index < -0.39 is 0 Å². The van der Waals surface area contributed by atoms with Crippen LogP contribution in [-0.4, -0.2) is 53.3 Å². The molecule has 0 unspecified atom stereocenters. The molecule has 0 amide bonds. The lowest BCUT2D eigenvalue weighted by Crippen LogP contribution is -2.51. The zero-order valence-corrected chi connectivity index (χ0v) is 12.6. The van der Waals surface area contributed by atoms with Crippen molar-refractivity contribution in [3.63, 3.8) is 0 Å². The molecule has 6 heteroatoms. The summed E-state index contributed by atoms with van der Waals surface area (Å²) in [6.07, 6.45) is 3.89. The van der Waals surface area contributed by atoms with Gasteiger partial charge >= 0.3 is 0 Å². The summed E-state index contributed by atoms with van der Waals surface area (Å²) in [5.74, 6) is 0.827. The number of thiophene rings is 1. The molecule has 4 rings (SSSR count). The van der Waals surface area contributed by atoms with E-state index in [0.717, 1.165) is 38.7 Å². The molecule has 5 nitrogen and oxygen atoms in total. The second-order valence-corrected chi connectivity index (χ2v) is 6.32. The number of fused-ring (bicyclic) bond motifs is 1. The molecule has 2 fully saturated rings. The van der Waals surface area contributed by atoms with Gasteiger partial charge in [-0.05, 0) is 28.5 Å². The fourth-order valence-corrected chi connectivity index (χ4v) is 3.88. The zero-order chi connectivity index (χ0) is 14.1. The number of ether oxygens (including phenoxy) is 1. The van der Waals surface area contributed by atoms with E-state index in [0.29, 0.717) is 6.04 Å². The van der Waals surface area contributed by atoms with Gasteiger partial charge in [0, 0.05) is 38.6 Å². The Balaban J connectivity index is 1.50. The molecule has 0 spiro atoms. The van der Waals surface area contributed by atoms with E-state index >= 15 is 0 Å². The van der Waals surface area contributed by atoms with Crippen LogP contribution in [0.5, 0.6) is 0 Å². The van der Waals surface area contributed by atoms with Gasteiger partial charge in [-0.3, -0.25) is 4.90 Å². The number of nitrogens with zero attached hydrogens (tertiary/aromatic N) is 4. The van der Waals surface area contributed by atoms with E-state index in [1.165, 1.54) is 5.56 Å². The van der Waals surface area contributed by atoms with Crippen molar-refractivity contribution in [2.24, 2.45) is 0 Å². The number of anilines is 1. The summed E-state index contributed by atoms with van der Waals surface area (Å²) in [4.78, 5) is 13.6. The summed E-state index contributed by atoms with van der Waals surface area (Å²) in [5.41, 5.74) is 1.39. The van der Waals surface area contributed by atoms with Crippen LogP contribution in [0.25, 0.3) is 0 Å². The SMILES string of the molecule is c1cnc(N2CCO[C@H]3CN(Cc4ccsc4)C[C@H]32)nc1. The Hall–Kier alpha value is -1.50. The van der Waals surface area contributed by atoms with E-state index in [1.807, 2.05) is 18.5 Å². The van der Waals surface area contributed by atoms with Crippen molar-refractivity contribution in [3.8, 4) is 0 Å². The van der Waals surface area contributed by atoms with Crippen molar-refractivity contribution in [1.29, 1.82) is 0 Å². The van der Waals surface area contributed by atoms with Gasteiger partial charge in [-0.25, -0.2) is 9.97 Å². The largest absolute Gasteiger partial charge is 0.373 e. The van der Waals surface area contributed by atoms with Gasteiger partial charge < -0.3 is 9.64 Å². The predicted octanol–water partition coefficient (Wildman–Crippen LogP) is 1.63. The van der Waals surface area contributed by atoms with E-state index in [4.69, 9.17) is 4.74 Å². The first-order chi connectivity index (χ1) is 10.4. The van der Waals surface area contributed by atoms with Crippen LogP contribution in [0.4, 0.5) is 5.95 Å². The Labute approximate surface area is 128 Å². The number of hydrogen-bond donors (Lipinski definition) is 0. The molecule has 0 N–H and O–H groups in total. The fraction of sp³-hybridized carbons (Fsp3) is 0.467. The third-order valence-electron chi connectivity index (χ3n) is 4.17. The molecule has 0 aliphatic carbocycles. The van der Waals surface area contributed by atoms with E-state index in [2.05, 4.69) is 36.6 Å². The lowest BCUT2D eigenvalue weighted by Gasteiger charge is -2.36. The first-order valence-electron chi connectivity index (χ1n) is 7.29. The Bertz CT molecular complexity index is 577. The van der Waals surface area contributed by atoms with Crippen LogP contribution in [0.3, 0.4) is 0 Å². The molecular formula is C15H18N4OS. The number of morpholine rings is 1. The van der Waals surface area contributed by atoms with Gasteiger partial charge in [-0.15, -0.1) is 0 Å². The summed E-state index contributed by atoms with van der Waals surface area (Å²) in [6, 6.07) is 4.42. The maximum atomic E-state index is 5.97. The summed E-state index contributed by atoms with van der Waals surface area (Å²) in [7, 11) is 0. The van der Waals surface area contributed by atoms with Crippen LogP contribution in [0.2, 0.25) is 0 Å². The lowest BCUT2D eigenvalue weighted by molar-refractivity contribution is 0.0300. The molecule has 0 saturated carbocycles. The molecule has 2 saturated heterocycles. The topological polar surface area (TPSA) is 41.5 Å². The molecule has 2 aliphatic heterocycles. The Morgan fingerprint density at radius 2 is 2.19 bits per heavy atom. The van der Waals surface area contributed by atoms with Gasteiger partial charge in [0.25, 0.3) is 0 Å². The van der Waals surface area contributed by atoms with E-state index in [-0.39, 0.29) is 6.10 Å². The zero-order valence-electron chi connectivity index (χ0n) is 11.8. The minimum absolute atomic E-state index is 0.265. The molecule has 0 radical (unpaired) electrons. The highest BCUT2D eigenvalue weighted by atomic mass is 32.1. The third kappa shape index (κ3) is 2.66. The van der Waals surface area contributed by atoms with Crippen LogP contribution in [-0.2, 0) is 11.3 Å². The lowest BCUT2D eigenvalue weighted by atomic mass is 10.1. The van der Waals surface area contributed by atoms with Gasteiger partial charge in [0.1, 0.15) is 0 Å². The quantitative estimate of drug-likeness (QED) is 0.862. The minimum Gasteiger partial charge on any atom is -0.373 e. The normalized spacial score (nSPS) is 26.0. The summed E-state index contributed by atoms with van der Waals surface area (Å²) < 4.78 is 5.97. The molecule has 110 valence electrons. The predicted molar refractivity (Wildman–Crippen MR) is 82.5 cm³/mol. The highest BCUT2D eigenvalue weighted by Gasteiger charge is 2.40. The Kier molecular flexibility index (Phi) is 3.58. The maximum absolute atomic E-state index is 5.97. The molecule has 4 heterocycles. The minimum atomic E-state index is 0.265. The average molecular weight is 302 g/mol. The monoisotopic (exact) mass is 302 g/mol. The second-order valence-electron chi connectivity index (χ2n) is 5.54. The average Bonchev–Trinajstić information content (AvgIpc) is 3.17. The molecule has 2 aromatic heterocycles. The summed E-state index contributed by atoms with van der Waals surface area (Å²) in [6.45, 7) is 4.63. The van der Waals surface area contributed by atoms with Gasteiger partial charge in [-0.2, -0.15) is 11.3 Å². The smallest absolute Gasteiger partial charge is 0.225 e. The van der Waals surface area contributed by atoms with Crippen molar-refractivity contribution in [2.75, 3.05) is 31.1 Å². The fourth-order valence-electron chi connectivity index (χ4n) is 3.22. The van der Waals surface area contributed by atoms with Crippen molar-refractivity contribution < 1.29 is 4.74 Å². The van der Waals surface area contributed by atoms with Crippen molar-refractivity contribution in [2.45, 2.75) is 18.7 Å². The van der Waals surface area contributed by atoms with Crippen molar-refractivity contribution in [1.82, 2.24) is 14.9 Å². The molecular weight excluding hydrogens is 284 g/mol. The van der Waals surface area contributed by atoms with Crippen LogP contribution in [0.1, 0.15) is 5.56 Å². The van der Waals surface area contributed by atoms with Crippen LogP contribution in [0.15, 0.2) is 35.3 Å². The first-order valence-corrected chi connectivity index (χ1v) is 8.23. The van der Waals surface area contributed by atoms with Gasteiger partial charge in [0.05, 0.1) is 18.8 Å². The summed E-state index contributed by atoms with van der Waals surface area (Å²) >= 11 is 1.76. The third-order valence-corrected chi connectivity index (χ3v) is 4.90. The van der Waals surface area contributed by atoms with Gasteiger partial charge in [0.2, 0.25) is 5.95 Å². The molecule has 2 aliphatic rings. The van der Waals surface area contributed by atoms with Gasteiger partial charge in [0.15, 0.2) is 0 Å². The summed E-state index contributed by atoms with van der Waals surface area (Å²) in [5, 5.41) is 4.36. The number of rotatable bonds is 3. The highest BCUT2D eigenvalue weighted by molar-refractivity contribution is 7.07. The van der Waals surface area contributed by atoms with Crippen molar-refractivity contribution >= 4 is 17.3 Å². The molecule has 0 bridgehead atoms. The van der Waals surface area contributed by atoms with Crippen LogP contribution < -0.4 is 4.90 Å². The second kappa shape index (κ2) is 5.71. The Morgan fingerprint density at radius 3 is 3.00 bits per heavy atom.